The second-order valence-electron chi connectivity index (χ2n) is 10.8. The Morgan fingerprint density at radius 2 is 1.85 bits per heavy atom. The number of hydrogen-bond donors (Lipinski definition) is 6. The van der Waals surface area contributed by atoms with Gasteiger partial charge in [0.1, 0.15) is 10.9 Å². The molecule has 48 heavy (non-hydrogen) atoms. The molecule has 1 aromatic carbocycles. The van der Waals surface area contributed by atoms with Crippen molar-refractivity contribution in [1.82, 2.24) is 15.3 Å². The van der Waals surface area contributed by atoms with E-state index in [2.05, 4.69) is 41.2 Å². The lowest BCUT2D eigenvalue weighted by Crippen LogP contribution is -2.46. The zero-order chi connectivity index (χ0) is 34.1. The van der Waals surface area contributed by atoms with Gasteiger partial charge in [-0.1, -0.05) is 6.07 Å². The van der Waals surface area contributed by atoms with Crippen molar-refractivity contribution in [2.24, 2.45) is 16.5 Å². The highest BCUT2D eigenvalue weighted by molar-refractivity contribution is 7.92. The highest BCUT2D eigenvalue weighted by Gasteiger charge is 2.25. The molecule has 0 radical (unpaired) electrons. The van der Waals surface area contributed by atoms with Crippen molar-refractivity contribution in [3.63, 3.8) is 0 Å². The van der Waals surface area contributed by atoms with E-state index in [-0.39, 0.29) is 34.4 Å². The summed E-state index contributed by atoms with van der Waals surface area (Å²) >= 11 is 2.56. The molecule has 4 heterocycles. The van der Waals surface area contributed by atoms with Crippen molar-refractivity contribution >= 4 is 72.7 Å². The number of carbonyl (C=O) groups excluding carboxylic acids is 1. The number of anilines is 4. The Balaban J connectivity index is 1.16. The van der Waals surface area contributed by atoms with Crippen LogP contribution in [0, 0.1) is 0 Å². The maximum absolute atomic E-state index is 13.3. The minimum absolute atomic E-state index is 0.0151. The molecule has 18 heteroatoms. The first-order valence-electron chi connectivity index (χ1n) is 15.0. The molecule has 0 saturated carbocycles. The maximum Gasteiger partial charge on any atom is 0.326 e. The smallest absolute Gasteiger partial charge is 0.326 e. The number of benzene rings is 1. The van der Waals surface area contributed by atoms with Crippen molar-refractivity contribution in [3.8, 4) is 0 Å². The standard InChI is InChI=1S/C30H36N10O5S3/c31-29(32)34-10-3-7-25(28(42)43)37-27(41)26-24(8-15-46-26)38-48(44,45)23-6-1-4-20(16-23)35-17-21-19-47-30(36-21)40-13-11-39(12-14-40)22-5-2-9-33-18-22/h1-2,4-6,8-9,15-16,18-19,25,35,38H,3,7,10-14,17H2,(H,37,41)(H,42,43)(H4,31,32,34)/t25-/m0/s1. The molecule has 4 aromatic rings. The number of thiazole rings is 1. The fraction of sp³-hybridized carbons (Fsp3) is 0.300. The zero-order valence-corrected chi connectivity index (χ0v) is 28.2. The number of piperazine rings is 1. The molecule has 1 atom stereocenters. The van der Waals surface area contributed by atoms with Crippen LogP contribution in [-0.4, -0.2) is 80.1 Å². The van der Waals surface area contributed by atoms with Gasteiger partial charge in [0, 0.05) is 50.0 Å². The van der Waals surface area contributed by atoms with Gasteiger partial charge >= 0.3 is 5.97 Å². The van der Waals surface area contributed by atoms with E-state index in [0.29, 0.717) is 18.7 Å². The van der Waals surface area contributed by atoms with E-state index < -0.39 is 27.9 Å². The number of aliphatic imine (C=N–C) groups is 1. The lowest BCUT2D eigenvalue weighted by atomic mass is 10.1. The molecule has 0 unspecified atom stereocenters. The molecule has 1 aliphatic rings. The van der Waals surface area contributed by atoms with Crippen LogP contribution < -0.4 is 36.6 Å². The number of carbonyl (C=O) groups is 2. The molecule has 3 aromatic heterocycles. The summed E-state index contributed by atoms with van der Waals surface area (Å²) in [7, 11) is -4.10. The minimum Gasteiger partial charge on any atom is -0.480 e. The number of nitrogens with zero attached hydrogens (tertiary/aromatic N) is 5. The summed E-state index contributed by atoms with van der Waals surface area (Å²) in [6.07, 6.45) is 4.04. The second kappa shape index (κ2) is 15.8. The molecule has 0 bridgehead atoms. The van der Waals surface area contributed by atoms with Gasteiger partial charge in [-0.3, -0.25) is 19.5 Å². The van der Waals surface area contributed by atoms with Gasteiger partial charge in [0.05, 0.1) is 34.7 Å². The van der Waals surface area contributed by atoms with Gasteiger partial charge in [0.2, 0.25) is 0 Å². The van der Waals surface area contributed by atoms with Gasteiger partial charge in [-0.2, -0.15) is 0 Å². The number of carboxylic acids is 1. The number of aliphatic carboxylic acids is 1. The maximum atomic E-state index is 13.3. The molecule has 0 spiro atoms. The third-order valence-electron chi connectivity index (χ3n) is 7.38. The third kappa shape index (κ3) is 9.11. The summed E-state index contributed by atoms with van der Waals surface area (Å²) in [6, 6.07) is 10.6. The number of sulfonamides is 1. The van der Waals surface area contributed by atoms with Gasteiger partial charge < -0.3 is 37.0 Å². The largest absolute Gasteiger partial charge is 0.480 e. The number of pyridine rings is 1. The Kier molecular flexibility index (Phi) is 11.3. The van der Waals surface area contributed by atoms with Gasteiger partial charge in [-0.15, -0.1) is 22.7 Å². The molecule has 254 valence electrons. The Hall–Kier alpha value is -4.94. The number of aromatic nitrogens is 2. The van der Waals surface area contributed by atoms with E-state index >= 15 is 0 Å². The summed E-state index contributed by atoms with van der Waals surface area (Å²) < 4.78 is 29.1. The first-order chi connectivity index (χ1) is 23.1. The molecule has 1 amide bonds. The number of guanidine groups is 1. The van der Waals surface area contributed by atoms with Gasteiger partial charge in [0.25, 0.3) is 15.9 Å². The first kappa shape index (κ1) is 34.4. The van der Waals surface area contributed by atoms with E-state index in [9.17, 15) is 23.1 Å². The van der Waals surface area contributed by atoms with Crippen molar-refractivity contribution < 1.29 is 23.1 Å². The average molecular weight is 713 g/mol. The molecular formula is C30H36N10O5S3. The van der Waals surface area contributed by atoms with Crippen molar-refractivity contribution in [2.45, 2.75) is 30.3 Å². The third-order valence-corrected chi connectivity index (χ3v) is 10.6. The van der Waals surface area contributed by atoms with Crippen molar-refractivity contribution in [1.29, 1.82) is 0 Å². The van der Waals surface area contributed by atoms with E-state index in [0.717, 1.165) is 54.0 Å². The predicted octanol–water partition coefficient (Wildman–Crippen LogP) is 2.58. The molecule has 5 rings (SSSR count). The van der Waals surface area contributed by atoms with Crippen LogP contribution >= 0.6 is 22.7 Å². The van der Waals surface area contributed by atoms with Crippen LogP contribution in [-0.2, 0) is 21.4 Å². The van der Waals surface area contributed by atoms with E-state index in [1.807, 2.05) is 17.6 Å². The monoisotopic (exact) mass is 712 g/mol. The Bertz CT molecular complexity index is 1840. The molecule has 1 fully saturated rings. The van der Waals surface area contributed by atoms with E-state index in [1.54, 1.807) is 35.0 Å². The zero-order valence-electron chi connectivity index (χ0n) is 25.8. The summed E-state index contributed by atoms with van der Waals surface area (Å²) in [6.45, 7) is 4.03. The highest BCUT2D eigenvalue weighted by Crippen LogP contribution is 2.27. The minimum atomic E-state index is -4.10. The van der Waals surface area contributed by atoms with Crippen LogP contribution in [0.4, 0.5) is 22.2 Å². The molecule has 0 aliphatic carbocycles. The number of nitrogens with two attached hydrogens (primary N) is 2. The van der Waals surface area contributed by atoms with Crippen LogP contribution in [0.2, 0.25) is 0 Å². The fourth-order valence-corrected chi connectivity index (χ4v) is 7.75. The van der Waals surface area contributed by atoms with Crippen molar-refractivity contribution in [2.75, 3.05) is 52.6 Å². The molecule has 1 aliphatic heterocycles. The Morgan fingerprint density at radius 3 is 2.58 bits per heavy atom. The molecular weight excluding hydrogens is 677 g/mol. The Morgan fingerprint density at radius 1 is 1.06 bits per heavy atom. The SMILES string of the molecule is NC(N)=NCCC[C@H](NC(=O)c1sccc1NS(=O)(=O)c1cccc(NCc2csc(N3CCN(c4cccnc4)CC3)n2)c1)C(=O)O. The summed E-state index contributed by atoms with van der Waals surface area (Å²) in [5.74, 6) is -2.06. The predicted molar refractivity (Wildman–Crippen MR) is 188 cm³/mol. The Labute approximate surface area is 285 Å². The van der Waals surface area contributed by atoms with Crippen LogP contribution in [0.15, 0.2) is 75.5 Å². The van der Waals surface area contributed by atoms with Gasteiger partial charge in [-0.05, 0) is 54.6 Å². The molecule has 8 N–H and O–H groups in total. The van der Waals surface area contributed by atoms with Crippen molar-refractivity contribution in [3.05, 3.63) is 76.2 Å². The van der Waals surface area contributed by atoms with Crippen LogP contribution in [0.1, 0.15) is 28.2 Å². The van der Waals surface area contributed by atoms with Gasteiger partial charge in [-0.25, -0.2) is 18.2 Å². The number of nitrogens with one attached hydrogen (secondary N) is 3. The van der Waals surface area contributed by atoms with E-state index in [1.165, 1.54) is 18.2 Å². The number of hydrogen-bond acceptors (Lipinski definition) is 12. The lowest BCUT2D eigenvalue weighted by Gasteiger charge is -2.35. The van der Waals surface area contributed by atoms with Gasteiger partial charge in [0.15, 0.2) is 11.1 Å². The summed E-state index contributed by atoms with van der Waals surface area (Å²) in [5, 5.41) is 19.7. The second-order valence-corrected chi connectivity index (χ2v) is 14.2. The lowest BCUT2D eigenvalue weighted by molar-refractivity contribution is -0.139. The van der Waals surface area contributed by atoms with Crippen LogP contribution in [0.5, 0.6) is 0 Å². The van der Waals surface area contributed by atoms with Crippen LogP contribution in [0.3, 0.4) is 0 Å². The average Bonchev–Trinajstić information content (AvgIpc) is 3.75. The summed E-state index contributed by atoms with van der Waals surface area (Å²) in [4.78, 5) is 42.1. The highest BCUT2D eigenvalue weighted by atomic mass is 32.2. The number of carboxylic acid groups (broad SMARTS) is 1. The fourth-order valence-electron chi connectivity index (χ4n) is 4.94. The number of thiophene rings is 1. The van der Waals surface area contributed by atoms with E-state index in [4.69, 9.17) is 16.5 Å². The molecule has 1 saturated heterocycles. The normalized spacial score (nSPS) is 13.8. The quantitative estimate of drug-likeness (QED) is 0.0595. The topological polar surface area (TPSA) is 221 Å². The number of amides is 1. The number of rotatable bonds is 15. The first-order valence-corrected chi connectivity index (χ1v) is 18.2. The van der Waals surface area contributed by atoms with Crippen LogP contribution in [0.25, 0.3) is 0 Å². The summed E-state index contributed by atoms with van der Waals surface area (Å²) in [5.41, 5.74) is 13.1. The molecule has 15 nitrogen and oxygen atoms in total.